The molecule has 29 heavy (non-hydrogen) atoms. The van der Waals surface area contributed by atoms with Crippen LogP contribution in [0.3, 0.4) is 0 Å². The van der Waals surface area contributed by atoms with Crippen molar-refractivity contribution < 1.29 is 9.53 Å². The van der Waals surface area contributed by atoms with Crippen molar-refractivity contribution in [2.45, 2.75) is 26.7 Å². The fourth-order valence-corrected chi connectivity index (χ4v) is 2.97. The zero-order valence-corrected chi connectivity index (χ0v) is 16.8. The molecule has 0 aliphatic carbocycles. The summed E-state index contributed by atoms with van der Waals surface area (Å²) in [6.07, 6.45) is 1.98. The zero-order chi connectivity index (χ0) is 20.5. The Kier molecular flexibility index (Phi) is 7.16. The number of carbonyl (C=O) groups is 1. The van der Waals surface area contributed by atoms with Gasteiger partial charge in [0.1, 0.15) is 5.82 Å². The predicted octanol–water partition coefficient (Wildman–Crippen LogP) is 4.75. The number of ether oxygens (including phenoxy) is 1. The monoisotopic (exact) mass is 390 g/mol. The number of aromatic nitrogens is 2. The van der Waals surface area contributed by atoms with Gasteiger partial charge < -0.3 is 15.4 Å². The van der Waals surface area contributed by atoms with E-state index in [0.717, 1.165) is 25.1 Å². The number of rotatable bonds is 9. The van der Waals surface area contributed by atoms with E-state index in [1.807, 2.05) is 37.3 Å². The van der Waals surface area contributed by atoms with Crippen LogP contribution in [-0.4, -0.2) is 29.1 Å². The molecule has 0 radical (unpaired) electrons. The Balaban J connectivity index is 1.64. The fourth-order valence-electron chi connectivity index (χ4n) is 2.97. The maximum absolute atomic E-state index is 12.2. The summed E-state index contributed by atoms with van der Waals surface area (Å²) in [4.78, 5) is 21.2. The molecule has 0 bridgehead atoms. The first-order valence-corrected chi connectivity index (χ1v) is 9.82. The van der Waals surface area contributed by atoms with E-state index in [4.69, 9.17) is 4.74 Å². The highest BCUT2D eigenvalue weighted by Gasteiger charge is 2.13. The Bertz CT molecular complexity index is 945. The molecule has 0 atom stereocenters. The highest BCUT2D eigenvalue weighted by atomic mass is 16.5. The number of hydrogen-bond donors (Lipinski definition) is 2. The summed E-state index contributed by atoms with van der Waals surface area (Å²) in [6.45, 7) is 4.81. The SMILES string of the molecule is CCOC(=O)c1ccccc1Nc1cc(C)nc(NCCCc2ccccc2)n1. The molecule has 0 saturated carbocycles. The van der Waals surface area contributed by atoms with E-state index in [0.29, 0.717) is 29.6 Å². The van der Waals surface area contributed by atoms with E-state index in [2.05, 4.69) is 44.9 Å². The molecular weight excluding hydrogens is 364 g/mol. The number of carbonyl (C=O) groups excluding carboxylic acids is 1. The Morgan fingerprint density at radius 3 is 2.59 bits per heavy atom. The van der Waals surface area contributed by atoms with Crippen molar-refractivity contribution in [2.75, 3.05) is 23.8 Å². The molecule has 0 unspecified atom stereocenters. The second kappa shape index (κ2) is 10.2. The molecule has 6 nitrogen and oxygen atoms in total. The number of aryl methyl sites for hydroxylation is 2. The van der Waals surface area contributed by atoms with Crippen LogP contribution in [0.15, 0.2) is 60.7 Å². The third-order valence-electron chi connectivity index (χ3n) is 4.31. The second-order valence-electron chi connectivity index (χ2n) is 6.63. The first-order chi connectivity index (χ1) is 14.2. The summed E-state index contributed by atoms with van der Waals surface area (Å²) in [5, 5.41) is 6.50. The van der Waals surface area contributed by atoms with Crippen LogP contribution in [0.25, 0.3) is 0 Å². The van der Waals surface area contributed by atoms with E-state index >= 15 is 0 Å². The molecule has 150 valence electrons. The lowest BCUT2D eigenvalue weighted by Gasteiger charge is -2.12. The van der Waals surface area contributed by atoms with Crippen LogP contribution < -0.4 is 10.6 Å². The molecular formula is C23H26N4O2. The predicted molar refractivity (Wildman–Crippen MR) is 116 cm³/mol. The Labute approximate surface area is 171 Å². The van der Waals surface area contributed by atoms with E-state index in [-0.39, 0.29) is 5.97 Å². The van der Waals surface area contributed by atoms with Crippen molar-refractivity contribution in [1.82, 2.24) is 9.97 Å². The number of benzene rings is 2. The van der Waals surface area contributed by atoms with Crippen LogP contribution in [0.5, 0.6) is 0 Å². The maximum Gasteiger partial charge on any atom is 0.340 e. The molecule has 0 spiro atoms. The smallest absolute Gasteiger partial charge is 0.340 e. The second-order valence-corrected chi connectivity index (χ2v) is 6.63. The van der Waals surface area contributed by atoms with Gasteiger partial charge >= 0.3 is 5.97 Å². The van der Waals surface area contributed by atoms with E-state index in [1.54, 1.807) is 13.0 Å². The third-order valence-corrected chi connectivity index (χ3v) is 4.31. The van der Waals surface area contributed by atoms with Crippen molar-refractivity contribution in [1.29, 1.82) is 0 Å². The van der Waals surface area contributed by atoms with Crippen LogP contribution in [0.2, 0.25) is 0 Å². The van der Waals surface area contributed by atoms with Crippen molar-refractivity contribution >= 4 is 23.4 Å². The van der Waals surface area contributed by atoms with Gasteiger partial charge in [-0.15, -0.1) is 0 Å². The largest absolute Gasteiger partial charge is 0.462 e. The van der Waals surface area contributed by atoms with Crippen LogP contribution in [0.1, 0.15) is 35.0 Å². The lowest BCUT2D eigenvalue weighted by atomic mass is 10.1. The molecule has 2 aromatic carbocycles. The lowest BCUT2D eigenvalue weighted by Crippen LogP contribution is -2.10. The van der Waals surface area contributed by atoms with Crippen LogP contribution >= 0.6 is 0 Å². The third kappa shape index (κ3) is 6.04. The topological polar surface area (TPSA) is 76.1 Å². The van der Waals surface area contributed by atoms with Gasteiger partial charge in [-0.25, -0.2) is 9.78 Å². The summed E-state index contributed by atoms with van der Waals surface area (Å²) < 4.78 is 5.13. The minimum Gasteiger partial charge on any atom is -0.462 e. The van der Waals surface area contributed by atoms with Crippen LogP contribution in [-0.2, 0) is 11.2 Å². The zero-order valence-electron chi connectivity index (χ0n) is 16.8. The molecule has 1 aromatic heterocycles. The minimum atomic E-state index is -0.361. The van der Waals surface area contributed by atoms with Crippen LogP contribution in [0.4, 0.5) is 17.5 Å². The van der Waals surface area contributed by atoms with E-state index in [1.165, 1.54) is 5.56 Å². The summed E-state index contributed by atoms with van der Waals surface area (Å²) in [7, 11) is 0. The Hall–Kier alpha value is -3.41. The molecule has 3 rings (SSSR count). The van der Waals surface area contributed by atoms with Gasteiger partial charge in [-0.1, -0.05) is 42.5 Å². The van der Waals surface area contributed by atoms with Gasteiger partial charge in [-0.3, -0.25) is 0 Å². The molecule has 0 aliphatic heterocycles. The lowest BCUT2D eigenvalue weighted by molar-refractivity contribution is 0.0527. The first-order valence-electron chi connectivity index (χ1n) is 9.82. The number of para-hydroxylation sites is 1. The molecule has 0 amide bonds. The normalized spacial score (nSPS) is 10.4. The van der Waals surface area contributed by atoms with Crippen molar-refractivity contribution in [3.05, 3.63) is 77.5 Å². The van der Waals surface area contributed by atoms with Gasteiger partial charge in [-0.2, -0.15) is 4.98 Å². The standard InChI is InChI=1S/C23H26N4O2/c1-3-29-22(28)19-13-7-8-14-20(19)26-21-16-17(2)25-23(27-21)24-15-9-12-18-10-5-4-6-11-18/h4-8,10-11,13-14,16H,3,9,12,15H2,1-2H3,(H2,24,25,26,27). The van der Waals surface area contributed by atoms with E-state index < -0.39 is 0 Å². The number of nitrogens with one attached hydrogen (secondary N) is 2. The van der Waals surface area contributed by atoms with Crippen molar-refractivity contribution in [3.8, 4) is 0 Å². The molecule has 0 fully saturated rings. The summed E-state index contributed by atoms with van der Waals surface area (Å²) in [5.41, 5.74) is 3.28. The highest BCUT2D eigenvalue weighted by molar-refractivity contribution is 5.96. The summed E-state index contributed by atoms with van der Waals surface area (Å²) in [5.74, 6) is 0.828. The van der Waals surface area contributed by atoms with Crippen molar-refractivity contribution in [3.63, 3.8) is 0 Å². The Morgan fingerprint density at radius 1 is 1.03 bits per heavy atom. The molecule has 2 N–H and O–H groups in total. The quantitative estimate of drug-likeness (QED) is 0.406. The number of nitrogens with zero attached hydrogens (tertiary/aromatic N) is 2. The van der Waals surface area contributed by atoms with Gasteiger partial charge in [0, 0.05) is 18.3 Å². The van der Waals surface area contributed by atoms with Gasteiger partial charge in [-0.05, 0) is 44.4 Å². The summed E-state index contributed by atoms with van der Waals surface area (Å²) in [6, 6.07) is 19.5. The highest BCUT2D eigenvalue weighted by Crippen LogP contribution is 2.21. The fraction of sp³-hybridized carbons (Fsp3) is 0.261. The van der Waals surface area contributed by atoms with Gasteiger partial charge in [0.15, 0.2) is 0 Å². The molecule has 0 aliphatic rings. The van der Waals surface area contributed by atoms with Gasteiger partial charge in [0.2, 0.25) is 5.95 Å². The first kappa shape index (κ1) is 20.3. The van der Waals surface area contributed by atoms with Crippen molar-refractivity contribution in [2.24, 2.45) is 0 Å². The molecule has 3 aromatic rings. The average molecular weight is 390 g/mol. The average Bonchev–Trinajstić information content (AvgIpc) is 2.72. The van der Waals surface area contributed by atoms with E-state index in [9.17, 15) is 4.79 Å². The number of esters is 1. The molecule has 0 saturated heterocycles. The van der Waals surface area contributed by atoms with Gasteiger partial charge in [0.05, 0.1) is 17.9 Å². The number of anilines is 3. The summed E-state index contributed by atoms with van der Waals surface area (Å²) >= 11 is 0. The molecule has 1 heterocycles. The van der Waals surface area contributed by atoms with Crippen LogP contribution in [0, 0.1) is 6.92 Å². The Morgan fingerprint density at radius 2 is 1.79 bits per heavy atom. The molecule has 6 heteroatoms. The van der Waals surface area contributed by atoms with Gasteiger partial charge in [0.25, 0.3) is 0 Å². The minimum absolute atomic E-state index is 0.330. The number of hydrogen-bond acceptors (Lipinski definition) is 6. The maximum atomic E-state index is 12.2.